The molecule has 0 saturated heterocycles. The molecule has 2 amide bonds. The van der Waals surface area contributed by atoms with Crippen LogP contribution in [0.25, 0.3) is 0 Å². The smallest absolute Gasteiger partial charge is 0.239 e. The van der Waals surface area contributed by atoms with Crippen LogP contribution < -0.4 is 10.6 Å². The van der Waals surface area contributed by atoms with Crippen LogP contribution in [0.5, 0.6) is 0 Å². The van der Waals surface area contributed by atoms with Gasteiger partial charge in [0.2, 0.25) is 11.8 Å². The van der Waals surface area contributed by atoms with Crippen LogP contribution in [0.1, 0.15) is 31.2 Å². The molecule has 0 bridgehead atoms. The fraction of sp³-hybridized carbons (Fsp3) is 0.389. The van der Waals surface area contributed by atoms with Gasteiger partial charge in [-0.2, -0.15) is 0 Å². The van der Waals surface area contributed by atoms with Crippen molar-refractivity contribution in [2.75, 3.05) is 18.9 Å². The fourth-order valence-electron chi connectivity index (χ4n) is 2.44. The highest BCUT2D eigenvalue weighted by Gasteiger charge is 2.23. The molecule has 0 aliphatic carbocycles. The van der Waals surface area contributed by atoms with Crippen LogP contribution in [0, 0.1) is 6.92 Å². The van der Waals surface area contributed by atoms with Crippen molar-refractivity contribution in [2.45, 2.75) is 32.9 Å². The number of halogens is 2. The summed E-state index contributed by atoms with van der Waals surface area (Å²) in [4.78, 5) is 26.2. The molecule has 27 heavy (non-hydrogen) atoms. The van der Waals surface area contributed by atoms with Crippen LogP contribution >= 0.6 is 23.2 Å². The maximum absolute atomic E-state index is 12.5. The second-order valence-electron chi connectivity index (χ2n) is 6.36. The zero-order valence-electron chi connectivity index (χ0n) is 15.5. The van der Waals surface area contributed by atoms with Crippen molar-refractivity contribution in [3.05, 3.63) is 45.6 Å². The number of rotatable bonds is 7. The number of hydrogen-bond acceptors (Lipinski definition) is 5. The maximum Gasteiger partial charge on any atom is 0.239 e. The third kappa shape index (κ3) is 5.95. The molecular formula is C18H22Cl2N4O3. The molecule has 2 atom stereocenters. The summed E-state index contributed by atoms with van der Waals surface area (Å²) in [5.74, 6) is 0.426. The van der Waals surface area contributed by atoms with E-state index in [1.165, 1.54) is 0 Å². The Bertz CT molecular complexity index is 825. The number of anilines is 1. The van der Waals surface area contributed by atoms with E-state index >= 15 is 0 Å². The predicted molar refractivity (Wildman–Crippen MR) is 105 cm³/mol. The Hall–Kier alpha value is -2.09. The van der Waals surface area contributed by atoms with Gasteiger partial charge in [0.05, 0.1) is 18.6 Å². The van der Waals surface area contributed by atoms with Crippen LogP contribution in [0.15, 0.2) is 28.8 Å². The van der Waals surface area contributed by atoms with Crippen molar-refractivity contribution in [3.8, 4) is 0 Å². The molecule has 2 aromatic rings. The second kappa shape index (κ2) is 9.21. The molecule has 2 unspecified atom stereocenters. The van der Waals surface area contributed by atoms with Crippen LogP contribution in [-0.4, -0.2) is 41.5 Å². The van der Waals surface area contributed by atoms with E-state index in [2.05, 4.69) is 15.8 Å². The summed E-state index contributed by atoms with van der Waals surface area (Å²) in [7, 11) is 1.69. The average molecular weight is 413 g/mol. The van der Waals surface area contributed by atoms with E-state index in [1.807, 2.05) is 6.92 Å². The molecule has 0 radical (unpaired) electrons. The van der Waals surface area contributed by atoms with Crippen molar-refractivity contribution in [2.24, 2.45) is 0 Å². The van der Waals surface area contributed by atoms with Gasteiger partial charge in [-0.3, -0.25) is 14.5 Å². The molecule has 0 saturated carbocycles. The first kappa shape index (κ1) is 21.2. The zero-order chi connectivity index (χ0) is 20.1. The van der Waals surface area contributed by atoms with Crippen molar-refractivity contribution in [1.29, 1.82) is 0 Å². The highest BCUT2D eigenvalue weighted by atomic mass is 35.5. The highest BCUT2D eigenvalue weighted by Crippen LogP contribution is 2.26. The molecule has 1 aromatic carbocycles. The highest BCUT2D eigenvalue weighted by molar-refractivity contribution is 6.35. The summed E-state index contributed by atoms with van der Waals surface area (Å²) in [5.41, 5.74) is 0.767. The lowest BCUT2D eigenvalue weighted by Crippen LogP contribution is -2.46. The Kier molecular flexibility index (Phi) is 7.24. The average Bonchev–Trinajstić information content (AvgIpc) is 2.98. The lowest BCUT2D eigenvalue weighted by molar-refractivity contribution is -0.127. The predicted octanol–water partition coefficient (Wildman–Crippen LogP) is 3.43. The molecule has 0 fully saturated rings. The number of likely N-dealkylation sites (N-methyl/N-ethyl adjacent to an activating group) is 1. The summed E-state index contributed by atoms with van der Waals surface area (Å²) < 4.78 is 4.90. The van der Waals surface area contributed by atoms with E-state index in [-0.39, 0.29) is 24.4 Å². The first-order chi connectivity index (χ1) is 12.7. The Balaban J connectivity index is 1.90. The fourth-order valence-corrected chi connectivity index (χ4v) is 3.01. The number of aryl methyl sites for hydroxylation is 1. The minimum atomic E-state index is -0.525. The standard InChI is InChI=1S/C18H22Cl2N4O3/c1-10-7-16(23-27-10)22-17(25)9-24(4)12(3)18(26)21-11(2)14-6-5-13(19)8-15(14)20/h5-8,11-12H,9H2,1-4H3,(H,21,26)(H,22,23,25). The number of carbonyl (C=O) groups is 2. The van der Waals surface area contributed by atoms with Gasteiger partial charge < -0.3 is 15.2 Å². The van der Waals surface area contributed by atoms with Gasteiger partial charge >= 0.3 is 0 Å². The van der Waals surface area contributed by atoms with Crippen molar-refractivity contribution in [1.82, 2.24) is 15.4 Å². The van der Waals surface area contributed by atoms with Gasteiger partial charge in [-0.15, -0.1) is 0 Å². The molecule has 1 heterocycles. The number of benzene rings is 1. The Morgan fingerprint density at radius 3 is 2.56 bits per heavy atom. The maximum atomic E-state index is 12.5. The lowest BCUT2D eigenvalue weighted by atomic mass is 10.1. The van der Waals surface area contributed by atoms with Crippen LogP contribution in [0.4, 0.5) is 5.82 Å². The SMILES string of the molecule is Cc1cc(NC(=O)CN(C)C(C)C(=O)NC(C)c2ccc(Cl)cc2Cl)no1. The number of hydrogen-bond donors (Lipinski definition) is 2. The van der Waals surface area contributed by atoms with Crippen molar-refractivity contribution >= 4 is 40.8 Å². The Labute approximate surface area is 168 Å². The van der Waals surface area contributed by atoms with Crippen LogP contribution in [0.2, 0.25) is 10.0 Å². The largest absolute Gasteiger partial charge is 0.360 e. The van der Waals surface area contributed by atoms with Gasteiger partial charge in [-0.25, -0.2) is 0 Å². The summed E-state index contributed by atoms with van der Waals surface area (Å²) >= 11 is 12.1. The van der Waals surface area contributed by atoms with Gasteiger partial charge in [-0.1, -0.05) is 34.4 Å². The van der Waals surface area contributed by atoms with Gasteiger partial charge in [-0.05, 0) is 45.5 Å². The van der Waals surface area contributed by atoms with Gasteiger partial charge in [0, 0.05) is 16.1 Å². The topological polar surface area (TPSA) is 87.5 Å². The van der Waals surface area contributed by atoms with Crippen LogP contribution in [0.3, 0.4) is 0 Å². The summed E-state index contributed by atoms with van der Waals surface area (Å²) in [5, 5.41) is 10.2. The van der Waals surface area contributed by atoms with Gasteiger partial charge in [0.1, 0.15) is 5.76 Å². The van der Waals surface area contributed by atoms with E-state index < -0.39 is 6.04 Å². The second-order valence-corrected chi connectivity index (χ2v) is 7.20. The molecule has 2 rings (SSSR count). The molecule has 0 aliphatic heterocycles. The molecular weight excluding hydrogens is 391 g/mol. The van der Waals surface area contributed by atoms with Gasteiger partial charge in [0.15, 0.2) is 5.82 Å². The number of nitrogens with one attached hydrogen (secondary N) is 2. The van der Waals surface area contributed by atoms with E-state index in [0.717, 1.165) is 5.56 Å². The normalized spacial score (nSPS) is 13.3. The van der Waals surface area contributed by atoms with Gasteiger partial charge in [0.25, 0.3) is 0 Å². The Morgan fingerprint density at radius 2 is 1.96 bits per heavy atom. The molecule has 0 spiro atoms. The summed E-state index contributed by atoms with van der Waals surface area (Å²) in [6, 6.07) is 5.92. The molecule has 1 aromatic heterocycles. The summed E-state index contributed by atoms with van der Waals surface area (Å²) in [6.07, 6.45) is 0. The first-order valence-electron chi connectivity index (χ1n) is 8.36. The number of aromatic nitrogens is 1. The van der Waals surface area contributed by atoms with Crippen molar-refractivity contribution < 1.29 is 14.1 Å². The molecule has 146 valence electrons. The summed E-state index contributed by atoms with van der Waals surface area (Å²) in [6.45, 7) is 5.31. The van der Waals surface area contributed by atoms with E-state index in [0.29, 0.717) is 21.6 Å². The third-order valence-corrected chi connectivity index (χ3v) is 4.68. The molecule has 7 nitrogen and oxygen atoms in total. The monoisotopic (exact) mass is 412 g/mol. The van der Waals surface area contributed by atoms with Crippen molar-refractivity contribution in [3.63, 3.8) is 0 Å². The minimum absolute atomic E-state index is 0.0244. The third-order valence-electron chi connectivity index (χ3n) is 4.12. The first-order valence-corrected chi connectivity index (χ1v) is 9.11. The molecule has 9 heteroatoms. The van der Waals surface area contributed by atoms with E-state index in [9.17, 15) is 9.59 Å². The number of nitrogens with zero attached hydrogens (tertiary/aromatic N) is 2. The van der Waals surface area contributed by atoms with E-state index in [1.54, 1.807) is 50.1 Å². The Morgan fingerprint density at radius 1 is 1.26 bits per heavy atom. The molecule has 0 aliphatic rings. The quantitative estimate of drug-likeness (QED) is 0.726. The van der Waals surface area contributed by atoms with E-state index in [4.69, 9.17) is 27.7 Å². The number of carbonyl (C=O) groups excluding carboxylic acids is 2. The number of amides is 2. The molecule has 2 N–H and O–H groups in total. The zero-order valence-corrected chi connectivity index (χ0v) is 17.1. The lowest BCUT2D eigenvalue weighted by Gasteiger charge is -2.25. The minimum Gasteiger partial charge on any atom is -0.360 e. The van der Waals surface area contributed by atoms with Crippen LogP contribution in [-0.2, 0) is 9.59 Å².